The molecule has 0 bridgehead atoms. The number of thiocarbonyl (C=S) groups is 1. The summed E-state index contributed by atoms with van der Waals surface area (Å²) in [6.45, 7) is 6.10. The second-order valence-corrected chi connectivity index (χ2v) is 8.68. The van der Waals surface area contributed by atoms with Crippen molar-refractivity contribution >= 4 is 29.2 Å². The standard InChI is InChI=1S/C26H23F3N6OS/c1-16-12-17(2)23(18(3)13-16)32-25(37)33-31-14-19-4-6-20(7-5-19)24-30-15-35(34-24)21-8-10-22(11-9-21)36-26(27,28)29/h4-15H,1-3H3,(H2,32,33,37). The molecule has 0 amide bonds. The van der Waals surface area contributed by atoms with Gasteiger partial charge in [-0.05, 0) is 73.9 Å². The van der Waals surface area contributed by atoms with Crippen LogP contribution in [0.1, 0.15) is 22.3 Å². The first-order chi connectivity index (χ1) is 17.6. The Morgan fingerprint density at radius 3 is 2.27 bits per heavy atom. The number of halogens is 3. The zero-order valence-corrected chi connectivity index (χ0v) is 21.0. The number of alkyl halides is 3. The highest BCUT2D eigenvalue weighted by atomic mass is 32.1. The summed E-state index contributed by atoms with van der Waals surface area (Å²) in [7, 11) is 0. The molecular formula is C26H23F3N6OS. The highest BCUT2D eigenvalue weighted by Crippen LogP contribution is 2.24. The monoisotopic (exact) mass is 524 g/mol. The van der Waals surface area contributed by atoms with Crippen molar-refractivity contribution in [3.63, 3.8) is 0 Å². The predicted molar refractivity (Wildman–Crippen MR) is 141 cm³/mol. The summed E-state index contributed by atoms with van der Waals surface area (Å²) in [5.41, 5.74) is 9.32. The molecule has 0 aliphatic rings. The van der Waals surface area contributed by atoms with Gasteiger partial charge in [-0.3, -0.25) is 5.43 Å². The molecule has 0 atom stereocenters. The van der Waals surface area contributed by atoms with E-state index in [-0.39, 0.29) is 5.75 Å². The summed E-state index contributed by atoms with van der Waals surface area (Å²) in [6.07, 6.45) is -1.61. The van der Waals surface area contributed by atoms with E-state index in [1.54, 1.807) is 6.21 Å². The van der Waals surface area contributed by atoms with E-state index in [4.69, 9.17) is 12.2 Å². The van der Waals surface area contributed by atoms with E-state index in [0.717, 1.165) is 27.9 Å². The van der Waals surface area contributed by atoms with E-state index in [1.165, 1.54) is 40.8 Å². The van der Waals surface area contributed by atoms with Crippen LogP contribution in [0.25, 0.3) is 17.1 Å². The fourth-order valence-corrected chi connectivity index (χ4v) is 3.88. The first kappa shape index (κ1) is 25.8. The lowest BCUT2D eigenvalue weighted by molar-refractivity contribution is -0.274. The number of hydrogen-bond acceptors (Lipinski definition) is 5. The van der Waals surface area contributed by atoms with Gasteiger partial charge >= 0.3 is 6.36 Å². The summed E-state index contributed by atoms with van der Waals surface area (Å²) in [5, 5.41) is 12.2. The maximum atomic E-state index is 12.3. The van der Waals surface area contributed by atoms with Crippen LogP contribution in [0.4, 0.5) is 18.9 Å². The molecule has 1 heterocycles. The number of anilines is 1. The third kappa shape index (κ3) is 6.91. The average Bonchev–Trinajstić information content (AvgIpc) is 3.32. The Morgan fingerprint density at radius 1 is 1.00 bits per heavy atom. The molecule has 190 valence electrons. The van der Waals surface area contributed by atoms with Crippen LogP contribution in [0.5, 0.6) is 5.75 Å². The van der Waals surface area contributed by atoms with Gasteiger partial charge < -0.3 is 10.1 Å². The third-order valence-corrected chi connectivity index (χ3v) is 5.48. The number of nitrogens with one attached hydrogen (secondary N) is 2. The molecule has 0 radical (unpaired) electrons. The van der Waals surface area contributed by atoms with Gasteiger partial charge in [0.15, 0.2) is 10.9 Å². The van der Waals surface area contributed by atoms with Gasteiger partial charge in [0.2, 0.25) is 0 Å². The second kappa shape index (κ2) is 10.8. The molecule has 0 aliphatic carbocycles. The molecule has 0 saturated carbocycles. The van der Waals surface area contributed by atoms with Crippen LogP contribution in [0.15, 0.2) is 72.1 Å². The number of ether oxygens (including phenoxy) is 1. The molecule has 4 aromatic rings. The number of aromatic nitrogens is 3. The number of aryl methyl sites for hydroxylation is 3. The van der Waals surface area contributed by atoms with Crippen molar-refractivity contribution in [2.45, 2.75) is 27.1 Å². The summed E-state index contributed by atoms with van der Waals surface area (Å²) in [4.78, 5) is 4.29. The van der Waals surface area contributed by atoms with E-state index in [2.05, 4.69) is 49.7 Å². The fraction of sp³-hybridized carbons (Fsp3) is 0.154. The molecule has 2 N–H and O–H groups in total. The van der Waals surface area contributed by atoms with Crippen molar-refractivity contribution in [2.75, 3.05) is 5.32 Å². The minimum absolute atomic E-state index is 0.305. The number of hydrazone groups is 1. The van der Waals surface area contributed by atoms with Crippen LogP contribution >= 0.6 is 12.2 Å². The summed E-state index contributed by atoms with van der Waals surface area (Å²) < 4.78 is 42.4. The van der Waals surface area contributed by atoms with Gasteiger partial charge in [0.05, 0.1) is 11.9 Å². The molecule has 0 spiro atoms. The lowest BCUT2D eigenvalue weighted by Crippen LogP contribution is -2.24. The Labute approximate surface area is 217 Å². The Morgan fingerprint density at radius 2 is 1.65 bits per heavy atom. The minimum atomic E-state index is -4.74. The molecule has 0 aliphatic heterocycles. The number of nitrogens with zero attached hydrogens (tertiary/aromatic N) is 4. The Kier molecular flexibility index (Phi) is 7.53. The van der Waals surface area contributed by atoms with E-state index in [1.807, 2.05) is 38.1 Å². The van der Waals surface area contributed by atoms with Gasteiger partial charge in [0.1, 0.15) is 12.1 Å². The van der Waals surface area contributed by atoms with Crippen molar-refractivity contribution in [3.05, 3.63) is 89.2 Å². The quantitative estimate of drug-likeness (QED) is 0.181. The third-order valence-electron chi connectivity index (χ3n) is 5.29. The molecule has 4 rings (SSSR count). The highest BCUT2D eigenvalue weighted by molar-refractivity contribution is 7.80. The van der Waals surface area contributed by atoms with Crippen LogP contribution < -0.4 is 15.5 Å². The molecule has 3 aromatic carbocycles. The van der Waals surface area contributed by atoms with Crippen molar-refractivity contribution < 1.29 is 17.9 Å². The van der Waals surface area contributed by atoms with Gasteiger partial charge in [-0.2, -0.15) is 5.10 Å². The molecular weight excluding hydrogens is 501 g/mol. The van der Waals surface area contributed by atoms with Gasteiger partial charge in [0, 0.05) is 11.3 Å². The minimum Gasteiger partial charge on any atom is -0.406 e. The van der Waals surface area contributed by atoms with Crippen molar-refractivity contribution in [3.8, 4) is 22.8 Å². The normalized spacial score (nSPS) is 11.5. The summed E-state index contributed by atoms with van der Waals surface area (Å²) >= 11 is 5.35. The molecule has 0 fully saturated rings. The smallest absolute Gasteiger partial charge is 0.406 e. The van der Waals surface area contributed by atoms with Crippen molar-refractivity contribution in [2.24, 2.45) is 5.10 Å². The molecule has 37 heavy (non-hydrogen) atoms. The van der Waals surface area contributed by atoms with Crippen LogP contribution in [0.2, 0.25) is 0 Å². The van der Waals surface area contributed by atoms with Gasteiger partial charge in [-0.25, -0.2) is 9.67 Å². The second-order valence-electron chi connectivity index (χ2n) is 8.27. The maximum absolute atomic E-state index is 12.3. The zero-order chi connectivity index (χ0) is 26.6. The number of rotatable bonds is 6. The van der Waals surface area contributed by atoms with Gasteiger partial charge in [-0.1, -0.05) is 42.0 Å². The Hall–Kier alpha value is -4.25. The number of hydrogen-bond donors (Lipinski definition) is 2. The molecule has 11 heteroatoms. The molecule has 0 saturated heterocycles. The van der Waals surface area contributed by atoms with Gasteiger partial charge in [-0.15, -0.1) is 18.3 Å². The lowest BCUT2D eigenvalue weighted by atomic mass is 10.1. The first-order valence-corrected chi connectivity index (χ1v) is 11.5. The SMILES string of the molecule is Cc1cc(C)c(NC(=S)NN=Cc2ccc(-c3ncn(-c4ccc(OC(F)(F)F)cc4)n3)cc2)c(C)c1. The molecule has 1 aromatic heterocycles. The van der Waals surface area contributed by atoms with Crippen molar-refractivity contribution in [1.29, 1.82) is 0 Å². The molecule has 7 nitrogen and oxygen atoms in total. The van der Waals surface area contributed by atoms with E-state index in [9.17, 15) is 13.2 Å². The number of benzene rings is 3. The summed E-state index contributed by atoms with van der Waals surface area (Å²) in [5.74, 6) is 0.159. The van der Waals surface area contributed by atoms with Crippen LogP contribution in [-0.4, -0.2) is 32.5 Å². The van der Waals surface area contributed by atoms with E-state index in [0.29, 0.717) is 16.6 Å². The average molecular weight is 525 g/mol. The van der Waals surface area contributed by atoms with E-state index >= 15 is 0 Å². The maximum Gasteiger partial charge on any atom is 0.573 e. The largest absolute Gasteiger partial charge is 0.573 e. The summed E-state index contributed by atoms with van der Waals surface area (Å²) in [6, 6.07) is 16.9. The predicted octanol–water partition coefficient (Wildman–Crippen LogP) is 6.08. The molecule has 0 unspecified atom stereocenters. The first-order valence-electron chi connectivity index (χ1n) is 11.1. The van der Waals surface area contributed by atoms with E-state index < -0.39 is 6.36 Å². The fourth-order valence-electron chi connectivity index (χ4n) is 3.72. The Balaban J connectivity index is 1.35. The van der Waals surface area contributed by atoms with Crippen molar-refractivity contribution in [1.82, 2.24) is 20.2 Å². The highest BCUT2D eigenvalue weighted by Gasteiger charge is 2.31. The Bertz CT molecular complexity index is 1410. The van der Waals surface area contributed by atoms with Crippen LogP contribution in [-0.2, 0) is 0 Å². The lowest BCUT2D eigenvalue weighted by Gasteiger charge is -2.13. The van der Waals surface area contributed by atoms with Crippen LogP contribution in [0.3, 0.4) is 0 Å². The van der Waals surface area contributed by atoms with Crippen LogP contribution in [0, 0.1) is 20.8 Å². The zero-order valence-electron chi connectivity index (χ0n) is 20.2. The topological polar surface area (TPSA) is 76.4 Å². The van der Waals surface area contributed by atoms with Gasteiger partial charge in [0.25, 0.3) is 0 Å².